The van der Waals surface area contributed by atoms with Crippen molar-refractivity contribution in [1.29, 1.82) is 0 Å². The molecule has 6 nitrogen and oxygen atoms in total. The zero-order valence-corrected chi connectivity index (χ0v) is 16.3. The highest BCUT2D eigenvalue weighted by molar-refractivity contribution is 5.76. The zero-order valence-electron chi connectivity index (χ0n) is 16.3. The van der Waals surface area contributed by atoms with Gasteiger partial charge in [-0.1, -0.05) is 6.07 Å². The molecule has 0 bridgehead atoms. The third-order valence-corrected chi connectivity index (χ3v) is 5.16. The highest BCUT2D eigenvalue weighted by atomic mass is 16.5. The van der Waals surface area contributed by atoms with E-state index in [-0.39, 0.29) is 17.9 Å². The van der Waals surface area contributed by atoms with E-state index in [1.54, 1.807) is 0 Å². The van der Waals surface area contributed by atoms with Crippen molar-refractivity contribution in [2.45, 2.75) is 52.1 Å². The van der Waals surface area contributed by atoms with Crippen LogP contribution in [0.25, 0.3) is 0 Å². The van der Waals surface area contributed by atoms with Gasteiger partial charge in [-0.15, -0.1) is 0 Å². The summed E-state index contributed by atoms with van der Waals surface area (Å²) in [6.45, 7) is 7.26. The molecule has 144 valence electrons. The van der Waals surface area contributed by atoms with E-state index in [4.69, 9.17) is 4.74 Å². The van der Waals surface area contributed by atoms with Crippen LogP contribution in [0.4, 0.5) is 0 Å². The highest BCUT2D eigenvalue weighted by Gasteiger charge is 2.31. The van der Waals surface area contributed by atoms with Crippen molar-refractivity contribution < 1.29 is 14.3 Å². The van der Waals surface area contributed by atoms with Gasteiger partial charge in [0.25, 0.3) is 0 Å². The van der Waals surface area contributed by atoms with Crippen molar-refractivity contribution in [2.75, 3.05) is 26.7 Å². The Balaban J connectivity index is 1.65. The number of likely N-dealkylation sites (tertiary alicyclic amines) is 1. The van der Waals surface area contributed by atoms with Crippen LogP contribution in [-0.4, -0.2) is 55.5 Å². The molecule has 1 aromatic carbocycles. The van der Waals surface area contributed by atoms with Gasteiger partial charge in [-0.2, -0.15) is 0 Å². The SMILES string of the molecule is CC(=O)NC[C@H]1CC[C@@H](CC(=O)NCCOc2ccc(C)c(C)c2)N1C. The summed E-state index contributed by atoms with van der Waals surface area (Å²) in [7, 11) is 2.03. The quantitative estimate of drug-likeness (QED) is 0.693. The fraction of sp³-hybridized carbons (Fsp3) is 0.600. The lowest BCUT2D eigenvalue weighted by Crippen LogP contribution is -2.42. The van der Waals surface area contributed by atoms with Crippen molar-refractivity contribution >= 4 is 11.8 Å². The molecule has 0 spiro atoms. The molecule has 0 aliphatic carbocycles. The highest BCUT2D eigenvalue weighted by Crippen LogP contribution is 2.24. The van der Waals surface area contributed by atoms with Gasteiger partial charge in [-0.05, 0) is 57.0 Å². The first-order valence-electron chi connectivity index (χ1n) is 9.30. The lowest BCUT2D eigenvalue weighted by Gasteiger charge is -2.25. The first-order chi connectivity index (χ1) is 12.4. The van der Waals surface area contributed by atoms with Gasteiger partial charge in [-0.3, -0.25) is 14.5 Å². The molecule has 0 radical (unpaired) electrons. The van der Waals surface area contributed by atoms with Crippen LogP contribution in [0.15, 0.2) is 18.2 Å². The Morgan fingerprint density at radius 3 is 2.58 bits per heavy atom. The molecule has 2 amide bonds. The Morgan fingerprint density at radius 2 is 1.88 bits per heavy atom. The van der Waals surface area contributed by atoms with E-state index in [0.29, 0.717) is 32.2 Å². The Bertz CT molecular complexity index is 633. The number of nitrogens with zero attached hydrogens (tertiary/aromatic N) is 1. The van der Waals surface area contributed by atoms with Crippen molar-refractivity contribution in [1.82, 2.24) is 15.5 Å². The van der Waals surface area contributed by atoms with Gasteiger partial charge in [0.05, 0.1) is 6.54 Å². The monoisotopic (exact) mass is 361 g/mol. The molecule has 1 aliphatic rings. The summed E-state index contributed by atoms with van der Waals surface area (Å²) >= 11 is 0. The van der Waals surface area contributed by atoms with E-state index in [2.05, 4.69) is 29.4 Å². The van der Waals surface area contributed by atoms with Gasteiger partial charge in [0.1, 0.15) is 12.4 Å². The van der Waals surface area contributed by atoms with Crippen LogP contribution in [-0.2, 0) is 9.59 Å². The lowest BCUT2D eigenvalue weighted by molar-refractivity contribution is -0.122. The molecule has 0 unspecified atom stereocenters. The minimum atomic E-state index is -0.0108. The molecule has 2 N–H and O–H groups in total. The molecule has 1 saturated heterocycles. The van der Waals surface area contributed by atoms with Gasteiger partial charge in [0.2, 0.25) is 11.8 Å². The summed E-state index contributed by atoms with van der Waals surface area (Å²) in [6, 6.07) is 6.54. The maximum atomic E-state index is 12.2. The van der Waals surface area contributed by atoms with Crippen molar-refractivity contribution in [3.8, 4) is 5.75 Å². The molecule has 1 heterocycles. The number of nitrogens with one attached hydrogen (secondary N) is 2. The predicted octanol–water partition coefficient (Wildman–Crippen LogP) is 1.79. The number of carbonyl (C=O) groups excluding carboxylic acids is 2. The number of hydrogen-bond donors (Lipinski definition) is 2. The summed E-state index contributed by atoms with van der Waals surface area (Å²) in [5.74, 6) is 0.868. The Hall–Kier alpha value is -2.08. The lowest BCUT2D eigenvalue weighted by atomic mass is 10.1. The maximum Gasteiger partial charge on any atom is 0.221 e. The fourth-order valence-corrected chi connectivity index (χ4v) is 3.29. The van der Waals surface area contributed by atoms with Crippen molar-refractivity contribution in [3.05, 3.63) is 29.3 Å². The van der Waals surface area contributed by atoms with E-state index >= 15 is 0 Å². The number of aryl methyl sites for hydroxylation is 2. The van der Waals surface area contributed by atoms with Gasteiger partial charge in [0, 0.05) is 32.0 Å². The summed E-state index contributed by atoms with van der Waals surface area (Å²) in [5, 5.41) is 5.79. The van der Waals surface area contributed by atoms with E-state index < -0.39 is 0 Å². The Labute approximate surface area is 156 Å². The van der Waals surface area contributed by atoms with Crippen LogP contribution >= 0.6 is 0 Å². The first kappa shape index (κ1) is 20.2. The van der Waals surface area contributed by atoms with Crippen LogP contribution < -0.4 is 15.4 Å². The molecule has 1 fully saturated rings. The van der Waals surface area contributed by atoms with Crippen molar-refractivity contribution in [2.24, 2.45) is 0 Å². The molecule has 2 rings (SSSR count). The third-order valence-electron chi connectivity index (χ3n) is 5.16. The number of carbonyl (C=O) groups is 2. The van der Waals surface area contributed by atoms with Gasteiger partial charge in [0.15, 0.2) is 0 Å². The van der Waals surface area contributed by atoms with Crippen LogP contribution in [0.5, 0.6) is 5.75 Å². The van der Waals surface area contributed by atoms with E-state index in [0.717, 1.165) is 18.6 Å². The summed E-state index contributed by atoms with van der Waals surface area (Å²) < 4.78 is 5.69. The molecule has 0 saturated carbocycles. The normalized spacial score (nSPS) is 20.0. The van der Waals surface area contributed by atoms with Crippen LogP contribution in [0.1, 0.15) is 37.3 Å². The number of hydrogen-bond acceptors (Lipinski definition) is 4. The number of amides is 2. The summed E-state index contributed by atoms with van der Waals surface area (Å²) in [4.78, 5) is 25.4. The topological polar surface area (TPSA) is 70.7 Å². The number of rotatable bonds is 8. The minimum absolute atomic E-state index is 0.0108. The number of likely N-dealkylation sites (N-methyl/N-ethyl adjacent to an activating group) is 1. The summed E-state index contributed by atoms with van der Waals surface area (Å²) in [6.07, 6.45) is 2.47. The first-order valence-corrected chi connectivity index (χ1v) is 9.30. The molecule has 26 heavy (non-hydrogen) atoms. The Morgan fingerprint density at radius 1 is 1.15 bits per heavy atom. The van der Waals surface area contributed by atoms with E-state index in [1.165, 1.54) is 18.1 Å². The maximum absolute atomic E-state index is 12.2. The molecular weight excluding hydrogens is 330 g/mol. The van der Waals surface area contributed by atoms with Crippen LogP contribution in [0.2, 0.25) is 0 Å². The molecule has 2 atom stereocenters. The average molecular weight is 361 g/mol. The van der Waals surface area contributed by atoms with E-state index in [1.807, 2.05) is 25.2 Å². The zero-order chi connectivity index (χ0) is 19.1. The second-order valence-corrected chi connectivity index (χ2v) is 7.14. The number of benzene rings is 1. The van der Waals surface area contributed by atoms with E-state index in [9.17, 15) is 9.59 Å². The molecule has 0 aromatic heterocycles. The molecule has 6 heteroatoms. The van der Waals surface area contributed by atoms with Gasteiger partial charge in [-0.25, -0.2) is 0 Å². The smallest absolute Gasteiger partial charge is 0.221 e. The average Bonchev–Trinajstić information content (AvgIpc) is 2.93. The predicted molar refractivity (Wildman–Crippen MR) is 102 cm³/mol. The second kappa shape index (κ2) is 9.57. The van der Waals surface area contributed by atoms with Gasteiger partial charge < -0.3 is 15.4 Å². The Kier molecular flexibility index (Phi) is 7.45. The number of ether oxygens (including phenoxy) is 1. The molecule has 1 aliphatic heterocycles. The second-order valence-electron chi connectivity index (χ2n) is 7.14. The van der Waals surface area contributed by atoms with Crippen LogP contribution in [0.3, 0.4) is 0 Å². The van der Waals surface area contributed by atoms with Crippen molar-refractivity contribution in [3.63, 3.8) is 0 Å². The molecular formula is C20H31N3O3. The van der Waals surface area contributed by atoms with Gasteiger partial charge >= 0.3 is 0 Å². The largest absolute Gasteiger partial charge is 0.492 e. The fourth-order valence-electron chi connectivity index (χ4n) is 3.29. The molecule has 1 aromatic rings. The summed E-state index contributed by atoms with van der Waals surface area (Å²) in [5.41, 5.74) is 2.44. The third kappa shape index (κ3) is 6.02. The minimum Gasteiger partial charge on any atom is -0.492 e. The standard InChI is InChI=1S/C20H31N3O3/c1-14-5-8-19(11-15(14)2)26-10-9-21-20(25)12-17-6-7-18(23(17)4)13-22-16(3)24/h5,8,11,17-18H,6-7,9-10,12-13H2,1-4H3,(H,21,25)(H,22,24)/t17-,18+/m0/s1. The van der Waals surface area contributed by atoms with Crippen LogP contribution in [0, 0.1) is 13.8 Å².